The van der Waals surface area contributed by atoms with Crippen LogP contribution in [0.1, 0.15) is 31.1 Å². The minimum Gasteiger partial charge on any atom is -0.444 e. The van der Waals surface area contributed by atoms with E-state index in [4.69, 9.17) is 4.74 Å². The molecular weight excluding hydrogens is 432 g/mol. The molecule has 0 unspecified atom stereocenters. The van der Waals surface area contributed by atoms with Crippen molar-refractivity contribution in [2.75, 3.05) is 37.2 Å². The number of hydrogen-bond donors (Lipinski definition) is 1. The van der Waals surface area contributed by atoms with E-state index < -0.39 is 5.60 Å². The van der Waals surface area contributed by atoms with E-state index in [2.05, 4.69) is 15.5 Å². The monoisotopic (exact) mass is 460 g/mol. The average molecular weight is 461 g/mol. The number of thioether (sulfide) groups is 1. The zero-order valence-corrected chi connectivity index (χ0v) is 19.5. The standard InChI is InChI=1S/C21H28N6O4S/c1-21(2,3)31-20(30)27-11-9-26(10-12-27)18(29)15-5-7-16(8-6-15)23-17(28)13-32-19-24-22-14-25(19)4/h5-8,14H,9-13H2,1-4H3,(H,23,28). The fourth-order valence-corrected chi connectivity index (χ4v) is 3.72. The van der Waals surface area contributed by atoms with Gasteiger partial charge in [0.1, 0.15) is 11.9 Å². The molecule has 2 aromatic rings. The minimum atomic E-state index is -0.546. The third kappa shape index (κ3) is 6.46. The Morgan fingerprint density at radius 2 is 1.69 bits per heavy atom. The lowest BCUT2D eigenvalue weighted by Crippen LogP contribution is -2.51. The average Bonchev–Trinajstić information content (AvgIpc) is 3.16. The third-order valence-corrected chi connectivity index (χ3v) is 5.67. The first-order valence-electron chi connectivity index (χ1n) is 10.3. The Morgan fingerprint density at radius 1 is 1.06 bits per heavy atom. The second-order valence-electron chi connectivity index (χ2n) is 8.40. The van der Waals surface area contributed by atoms with Crippen LogP contribution in [-0.4, -0.2) is 80.0 Å². The lowest BCUT2D eigenvalue weighted by Gasteiger charge is -2.35. The number of piperazine rings is 1. The van der Waals surface area contributed by atoms with Gasteiger partial charge >= 0.3 is 6.09 Å². The molecule has 1 saturated heterocycles. The molecule has 3 rings (SSSR count). The SMILES string of the molecule is Cn1cnnc1SCC(=O)Nc1ccc(C(=O)N2CCN(C(=O)OC(C)(C)C)CC2)cc1. The van der Waals surface area contributed by atoms with Crippen molar-refractivity contribution in [1.82, 2.24) is 24.6 Å². The lowest BCUT2D eigenvalue weighted by molar-refractivity contribution is -0.113. The second kappa shape index (κ2) is 10.0. The Morgan fingerprint density at radius 3 is 2.25 bits per heavy atom. The number of ether oxygens (including phenoxy) is 1. The van der Waals surface area contributed by atoms with E-state index in [9.17, 15) is 14.4 Å². The normalized spacial score (nSPS) is 14.2. The van der Waals surface area contributed by atoms with E-state index in [1.54, 1.807) is 45.0 Å². The van der Waals surface area contributed by atoms with Crippen molar-refractivity contribution in [2.45, 2.75) is 31.5 Å². The van der Waals surface area contributed by atoms with E-state index in [-0.39, 0.29) is 23.7 Å². The van der Waals surface area contributed by atoms with Gasteiger partial charge in [0.05, 0.1) is 5.75 Å². The summed E-state index contributed by atoms with van der Waals surface area (Å²) in [5.41, 5.74) is 0.594. The largest absolute Gasteiger partial charge is 0.444 e. The summed E-state index contributed by atoms with van der Waals surface area (Å²) in [6, 6.07) is 6.78. The van der Waals surface area contributed by atoms with Crippen LogP contribution in [0.4, 0.5) is 10.5 Å². The summed E-state index contributed by atoms with van der Waals surface area (Å²) >= 11 is 1.29. The van der Waals surface area contributed by atoms with E-state index >= 15 is 0 Å². The van der Waals surface area contributed by atoms with Crippen molar-refractivity contribution in [3.05, 3.63) is 36.2 Å². The second-order valence-corrected chi connectivity index (χ2v) is 9.34. The summed E-state index contributed by atoms with van der Waals surface area (Å²) in [5, 5.41) is 11.2. The first-order chi connectivity index (χ1) is 15.1. The van der Waals surface area contributed by atoms with Gasteiger partial charge in [0, 0.05) is 44.5 Å². The molecule has 10 nitrogen and oxygen atoms in total. The smallest absolute Gasteiger partial charge is 0.410 e. The van der Waals surface area contributed by atoms with Crippen LogP contribution < -0.4 is 5.32 Å². The van der Waals surface area contributed by atoms with Gasteiger partial charge in [-0.15, -0.1) is 10.2 Å². The number of rotatable bonds is 5. The summed E-state index contributed by atoms with van der Waals surface area (Å²) in [5.74, 6) is -0.0744. The number of anilines is 1. The predicted octanol–water partition coefficient (Wildman–Crippen LogP) is 2.24. The number of aryl methyl sites for hydroxylation is 1. The van der Waals surface area contributed by atoms with Crippen LogP contribution in [0.25, 0.3) is 0 Å². The van der Waals surface area contributed by atoms with Gasteiger partial charge < -0.3 is 24.4 Å². The Kier molecular flexibility index (Phi) is 7.39. The quantitative estimate of drug-likeness (QED) is 0.682. The first kappa shape index (κ1) is 23.6. The molecule has 1 aliphatic heterocycles. The van der Waals surface area contributed by atoms with Gasteiger partial charge in [0.15, 0.2) is 5.16 Å². The summed E-state index contributed by atoms with van der Waals surface area (Å²) in [6.45, 7) is 7.22. The fraction of sp³-hybridized carbons (Fsp3) is 0.476. The summed E-state index contributed by atoms with van der Waals surface area (Å²) in [4.78, 5) is 40.4. The third-order valence-electron chi connectivity index (χ3n) is 4.64. The summed E-state index contributed by atoms with van der Waals surface area (Å²) < 4.78 is 7.13. The van der Waals surface area contributed by atoms with Gasteiger partial charge in [-0.1, -0.05) is 11.8 Å². The van der Waals surface area contributed by atoms with E-state index in [0.29, 0.717) is 42.6 Å². The van der Waals surface area contributed by atoms with Gasteiger partial charge in [-0.05, 0) is 45.0 Å². The van der Waals surface area contributed by atoms with Gasteiger partial charge in [-0.25, -0.2) is 4.79 Å². The molecule has 0 bridgehead atoms. The molecule has 1 aliphatic rings. The molecule has 0 aliphatic carbocycles. The zero-order chi connectivity index (χ0) is 23.3. The molecule has 0 radical (unpaired) electrons. The maximum atomic E-state index is 12.8. The number of carbonyl (C=O) groups is 3. The number of aromatic nitrogens is 3. The van der Waals surface area contributed by atoms with Crippen molar-refractivity contribution in [2.24, 2.45) is 7.05 Å². The number of nitrogens with zero attached hydrogens (tertiary/aromatic N) is 5. The summed E-state index contributed by atoms with van der Waals surface area (Å²) in [6.07, 6.45) is 1.22. The highest BCUT2D eigenvalue weighted by Gasteiger charge is 2.28. The molecule has 2 heterocycles. The molecule has 0 atom stereocenters. The molecule has 32 heavy (non-hydrogen) atoms. The van der Waals surface area contributed by atoms with E-state index in [1.165, 1.54) is 11.8 Å². The maximum absolute atomic E-state index is 12.8. The molecule has 1 aromatic carbocycles. The molecule has 1 N–H and O–H groups in total. The highest BCUT2D eigenvalue weighted by molar-refractivity contribution is 7.99. The van der Waals surface area contributed by atoms with Crippen LogP contribution in [0.2, 0.25) is 0 Å². The predicted molar refractivity (Wildman–Crippen MR) is 121 cm³/mol. The highest BCUT2D eigenvalue weighted by Crippen LogP contribution is 2.17. The number of amides is 3. The van der Waals surface area contributed by atoms with Crippen molar-refractivity contribution in [1.29, 1.82) is 0 Å². The number of hydrogen-bond acceptors (Lipinski definition) is 7. The van der Waals surface area contributed by atoms with Crippen LogP contribution in [0.5, 0.6) is 0 Å². The molecule has 172 valence electrons. The lowest BCUT2D eigenvalue weighted by atomic mass is 10.1. The van der Waals surface area contributed by atoms with Crippen molar-refractivity contribution in [3.8, 4) is 0 Å². The maximum Gasteiger partial charge on any atom is 0.410 e. The van der Waals surface area contributed by atoms with Gasteiger partial charge in [-0.3, -0.25) is 9.59 Å². The van der Waals surface area contributed by atoms with Crippen LogP contribution in [0.15, 0.2) is 35.7 Å². The molecule has 11 heteroatoms. The minimum absolute atomic E-state index is 0.107. The Labute approximate surface area is 191 Å². The van der Waals surface area contributed by atoms with Crippen molar-refractivity contribution >= 4 is 35.4 Å². The molecule has 1 fully saturated rings. The van der Waals surface area contributed by atoms with Crippen LogP contribution in [-0.2, 0) is 16.6 Å². The molecular formula is C21H28N6O4S. The molecule has 0 spiro atoms. The van der Waals surface area contributed by atoms with Crippen LogP contribution >= 0.6 is 11.8 Å². The Bertz CT molecular complexity index is 961. The van der Waals surface area contributed by atoms with Gasteiger partial charge in [0.25, 0.3) is 5.91 Å². The van der Waals surface area contributed by atoms with Crippen LogP contribution in [0.3, 0.4) is 0 Å². The van der Waals surface area contributed by atoms with E-state index in [1.807, 2.05) is 27.8 Å². The Hall–Kier alpha value is -3.08. The van der Waals surface area contributed by atoms with E-state index in [0.717, 1.165) is 0 Å². The first-order valence-corrected chi connectivity index (χ1v) is 11.2. The van der Waals surface area contributed by atoms with Gasteiger partial charge in [0.2, 0.25) is 5.91 Å². The fourth-order valence-electron chi connectivity index (χ4n) is 3.03. The molecule has 1 aromatic heterocycles. The topological polar surface area (TPSA) is 110 Å². The molecule has 3 amide bonds. The van der Waals surface area contributed by atoms with Crippen LogP contribution in [0, 0.1) is 0 Å². The Balaban J connectivity index is 1.47. The zero-order valence-electron chi connectivity index (χ0n) is 18.7. The highest BCUT2D eigenvalue weighted by atomic mass is 32.2. The number of carbonyl (C=O) groups excluding carboxylic acids is 3. The molecule has 0 saturated carbocycles. The number of benzene rings is 1. The summed E-state index contributed by atoms with van der Waals surface area (Å²) in [7, 11) is 1.81. The number of nitrogens with one attached hydrogen (secondary N) is 1. The van der Waals surface area contributed by atoms with Crippen molar-refractivity contribution in [3.63, 3.8) is 0 Å². The van der Waals surface area contributed by atoms with Crippen molar-refractivity contribution < 1.29 is 19.1 Å². The van der Waals surface area contributed by atoms with Gasteiger partial charge in [-0.2, -0.15) is 0 Å².